The van der Waals surface area contributed by atoms with E-state index in [2.05, 4.69) is 10.3 Å². The molecule has 0 aliphatic carbocycles. The minimum Gasteiger partial charge on any atom is -0.399 e. The third-order valence-electron chi connectivity index (χ3n) is 2.37. The number of carbonyl (C=O) groups excluding carboxylic acids is 1. The molecule has 2 aromatic rings. The Balaban J connectivity index is 2.22. The number of hydrogen-bond acceptors (Lipinski definition) is 3. The van der Waals surface area contributed by atoms with Gasteiger partial charge in [0.25, 0.3) is 5.91 Å². The molecule has 0 fully saturated rings. The lowest BCUT2D eigenvalue weighted by atomic mass is 10.1. The fourth-order valence-electron chi connectivity index (χ4n) is 1.54. The predicted octanol–water partition coefficient (Wildman–Crippen LogP) is 2.36. The molecule has 5 heteroatoms. The molecule has 3 N–H and O–H groups in total. The molecule has 0 bridgehead atoms. The normalized spacial score (nSPS) is 10.1. The quantitative estimate of drug-likeness (QED) is 0.798. The number of rotatable bonds is 2. The van der Waals surface area contributed by atoms with Crippen LogP contribution in [0.5, 0.6) is 0 Å². The Hall–Kier alpha value is -2.43. The molecular formula is C13H12FN3O. The minimum absolute atomic E-state index is 0.0503. The highest BCUT2D eigenvalue weighted by atomic mass is 19.1. The minimum atomic E-state index is -0.645. The van der Waals surface area contributed by atoms with E-state index in [1.54, 1.807) is 12.3 Å². The molecular weight excluding hydrogens is 233 g/mol. The van der Waals surface area contributed by atoms with Gasteiger partial charge in [-0.3, -0.25) is 9.78 Å². The average Bonchev–Trinajstić information content (AvgIpc) is 2.28. The highest BCUT2D eigenvalue weighted by Gasteiger charge is 2.12. The first-order valence-electron chi connectivity index (χ1n) is 5.34. The highest BCUT2D eigenvalue weighted by molar-refractivity contribution is 6.04. The van der Waals surface area contributed by atoms with E-state index < -0.39 is 11.7 Å². The van der Waals surface area contributed by atoms with Crippen molar-refractivity contribution >= 4 is 17.3 Å². The van der Waals surface area contributed by atoms with Gasteiger partial charge in [0.15, 0.2) is 0 Å². The van der Waals surface area contributed by atoms with Crippen LogP contribution in [0.4, 0.5) is 15.8 Å². The van der Waals surface area contributed by atoms with Crippen LogP contribution in [0.2, 0.25) is 0 Å². The molecule has 0 aliphatic rings. The standard InChI is InChI=1S/C13H12FN3O/c1-8-4-10(7-16-6-8)17-13(18)11-3-2-9(15)5-12(11)14/h2-7H,15H2,1H3,(H,17,18). The van der Waals surface area contributed by atoms with E-state index in [9.17, 15) is 9.18 Å². The van der Waals surface area contributed by atoms with Crippen molar-refractivity contribution in [2.75, 3.05) is 11.1 Å². The molecule has 4 nitrogen and oxygen atoms in total. The zero-order valence-corrected chi connectivity index (χ0v) is 9.77. The first-order chi connectivity index (χ1) is 8.56. The Morgan fingerprint density at radius 3 is 2.78 bits per heavy atom. The Morgan fingerprint density at radius 1 is 1.33 bits per heavy atom. The molecule has 92 valence electrons. The first-order valence-corrected chi connectivity index (χ1v) is 5.34. The molecule has 1 aromatic carbocycles. The van der Waals surface area contributed by atoms with E-state index in [0.29, 0.717) is 5.69 Å². The van der Waals surface area contributed by atoms with Gasteiger partial charge in [0.05, 0.1) is 17.4 Å². The summed E-state index contributed by atoms with van der Waals surface area (Å²) in [6.45, 7) is 1.85. The number of carbonyl (C=O) groups is 1. The van der Waals surface area contributed by atoms with Crippen molar-refractivity contribution in [3.05, 3.63) is 53.6 Å². The van der Waals surface area contributed by atoms with Crippen molar-refractivity contribution in [1.82, 2.24) is 4.98 Å². The number of nitrogens with two attached hydrogens (primary N) is 1. The fourth-order valence-corrected chi connectivity index (χ4v) is 1.54. The van der Waals surface area contributed by atoms with Gasteiger partial charge in [-0.25, -0.2) is 4.39 Å². The Labute approximate surface area is 104 Å². The maximum atomic E-state index is 13.5. The maximum absolute atomic E-state index is 13.5. The van der Waals surface area contributed by atoms with Crippen LogP contribution in [0.25, 0.3) is 0 Å². The van der Waals surface area contributed by atoms with Crippen molar-refractivity contribution in [3.63, 3.8) is 0 Å². The number of nitrogens with one attached hydrogen (secondary N) is 1. The summed E-state index contributed by atoms with van der Waals surface area (Å²) in [5.41, 5.74) is 7.08. The molecule has 0 atom stereocenters. The van der Waals surface area contributed by atoms with Crippen LogP contribution in [-0.2, 0) is 0 Å². The summed E-state index contributed by atoms with van der Waals surface area (Å²) in [6.07, 6.45) is 3.17. The van der Waals surface area contributed by atoms with E-state index >= 15 is 0 Å². The molecule has 0 saturated carbocycles. The molecule has 1 heterocycles. The van der Waals surface area contributed by atoms with Gasteiger partial charge in [0.2, 0.25) is 0 Å². The van der Waals surface area contributed by atoms with Gasteiger partial charge in [0.1, 0.15) is 5.82 Å². The number of anilines is 2. The lowest BCUT2D eigenvalue weighted by Crippen LogP contribution is -2.14. The van der Waals surface area contributed by atoms with E-state index in [1.165, 1.54) is 18.3 Å². The van der Waals surface area contributed by atoms with Crippen molar-refractivity contribution in [2.24, 2.45) is 0 Å². The third kappa shape index (κ3) is 2.63. The van der Waals surface area contributed by atoms with Crippen LogP contribution < -0.4 is 11.1 Å². The van der Waals surface area contributed by atoms with Crippen LogP contribution >= 0.6 is 0 Å². The first kappa shape index (κ1) is 12.0. The zero-order chi connectivity index (χ0) is 13.1. The number of aryl methyl sites for hydroxylation is 1. The van der Waals surface area contributed by atoms with Crippen molar-refractivity contribution in [2.45, 2.75) is 6.92 Å². The number of hydrogen-bond donors (Lipinski definition) is 2. The van der Waals surface area contributed by atoms with E-state index in [-0.39, 0.29) is 11.3 Å². The second kappa shape index (κ2) is 4.83. The third-order valence-corrected chi connectivity index (χ3v) is 2.37. The molecule has 0 aliphatic heterocycles. The molecule has 18 heavy (non-hydrogen) atoms. The summed E-state index contributed by atoms with van der Waals surface area (Å²) < 4.78 is 13.5. The Kier molecular flexibility index (Phi) is 3.23. The number of nitrogen functional groups attached to an aromatic ring is 1. The summed E-state index contributed by atoms with van der Waals surface area (Å²) in [6, 6.07) is 5.69. The molecule has 2 rings (SSSR count). The van der Waals surface area contributed by atoms with Gasteiger partial charge in [0, 0.05) is 11.9 Å². The van der Waals surface area contributed by atoms with Crippen LogP contribution in [0, 0.1) is 12.7 Å². The highest BCUT2D eigenvalue weighted by Crippen LogP contribution is 2.14. The number of nitrogens with zero attached hydrogens (tertiary/aromatic N) is 1. The number of amides is 1. The average molecular weight is 245 g/mol. The van der Waals surface area contributed by atoms with Gasteiger partial charge in [-0.1, -0.05) is 0 Å². The Morgan fingerprint density at radius 2 is 2.11 bits per heavy atom. The fraction of sp³-hybridized carbons (Fsp3) is 0.0769. The summed E-state index contributed by atoms with van der Waals surface area (Å²) >= 11 is 0. The number of halogens is 1. The molecule has 0 unspecified atom stereocenters. The number of benzene rings is 1. The van der Waals surface area contributed by atoms with Gasteiger partial charge < -0.3 is 11.1 Å². The maximum Gasteiger partial charge on any atom is 0.258 e. The second-order valence-electron chi connectivity index (χ2n) is 3.94. The Bertz CT molecular complexity index is 599. The lowest BCUT2D eigenvalue weighted by Gasteiger charge is -2.06. The summed E-state index contributed by atoms with van der Waals surface area (Å²) in [5.74, 6) is -1.17. The molecule has 1 aromatic heterocycles. The van der Waals surface area contributed by atoms with E-state index in [4.69, 9.17) is 5.73 Å². The van der Waals surface area contributed by atoms with E-state index in [1.807, 2.05) is 6.92 Å². The summed E-state index contributed by atoms with van der Waals surface area (Å²) in [5, 5.41) is 2.58. The van der Waals surface area contributed by atoms with Gasteiger partial charge in [-0.2, -0.15) is 0 Å². The van der Waals surface area contributed by atoms with Crippen molar-refractivity contribution < 1.29 is 9.18 Å². The number of aromatic nitrogens is 1. The second-order valence-corrected chi connectivity index (χ2v) is 3.94. The van der Waals surface area contributed by atoms with Crippen LogP contribution in [0.3, 0.4) is 0 Å². The SMILES string of the molecule is Cc1cncc(NC(=O)c2ccc(N)cc2F)c1. The van der Waals surface area contributed by atoms with Gasteiger partial charge in [-0.15, -0.1) is 0 Å². The molecule has 0 spiro atoms. The smallest absolute Gasteiger partial charge is 0.258 e. The van der Waals surface area contributed by atoms with Crippen LogP contribution in [0.15, 0.2) is 36.7 Å². The topological polar surface area (TPSA) is 68.0 Å². The van der Waals surface area contributed by atoms with Crippen molar-refractivity contribution in [1.29, 1.82) is 0 Å². The van der Waals surface area contributed by atoms with Gasteiger partial charge >= 0.3 is 0 Å². The van der Waals surface area contributed by atoms with Crippen molar-refractivity contribution in [3.8, 4) is 0 Å². The monoisotopic (exact) mass is 245 g/mol. The van der Waals surface area contributed by atoms with Crippen LogP contribution in [0.1, 0.15) is 15.9 Å². The van der Waals surface area contributed by atoms with Gasteiger partial charge in [-0.05, 0) is 36.8 Å². The molecule has 0 radical (unpaired) electrons. The predicted molar refractivity (Wildman–Crippen MR) is 67.7 cm³/mol. The molecule has 0 saturated heterocycles. The largest absolute Gasteiger partial charge is 0.399 e. The summed E-state index contributed by atoms with van der Waals surface area (Å²) in [7, 11) is 0. The lowest BCUT2D eigenvalue weighted by molar-refractivity contribution is 0.102. The summed E-state index contributed by atoms with van der Waals surface area (Å²) in [4.78, 5) is 15.8. The van der Waals surface area contributed by atoms with E-state index in [0.717, 1.165) is 11.6 Å². The zero-order valence-electron chi connectivity index (χ0n) is 9.77. The number of pyridine rings is 1. The molecule has 1 amide bonds. The van der Waals surface area contributed by atoms with Crippen LogP contribution in [-0.4, -0.2) is 10.9 Å².